The van der Waals surface area contributed by atoms with E-state index in [0.29, 0.717) is 0 Å². The first-order valence-corrected chi connectivity index (χ1v) is 7.72. The minimum absolute atomic E-state index is 0.795. The van der Waals surface area contributed by atoms with Crippen LogP contribution in [0.1, 0.15) is 25.3 Å². The van der Waals surface area contributed by atoms with Crippen LogP contribution in [0, 0.1) is 12.8 Å². The Labute approximate surface area is 119 Å². The second-order valence-electron chi connectivity index (χ2n) is 5.21. The third-order valence-corrected chi connectivity index (χ3v) is 4.69. The number of nitrogens with zero attached hydrogens (tertiary/aromatic N) is 1. The number of halogens is 1. The SMILES string of the molecule is CCCNCC1CCN(c2cccc(C)c2Br)C1. The van der Waals surface area contributed by atoms with Crippen molar-refractivity contribution in [2.24, 2.45) is 5.92 Å². The summed E-state index contributed by atoms with van der Waals surface area (Å²) in [6, 6.07) is 6.53. The Morgan fingerprint density at radius 3 is 3.06 bits per heavy atom. The van der Waals surface area contributed by atoms with Gasteiger partial charge in [-0.3, -0.25) is 0 Å². The number of hydrogen-bond donors (Lipinski definition) is 1. The van der Waals surface area contributed by atoms with Crippen LogP contribution in [0.4, 0.5) is 5.69 Å². The van der Waals surface area contributed by atoms with E-state index in [4.69, 9.17) is 0 Å². The van der Waals surface area contributed by atoms with Crippen LogP contribution in [-0.4, -0.2) is 26.2 Å². The van der Waals surface area contributed by atoms with Crippen LogP contribution in [0.5, 0.6) is 0 Å². The van der Waals surface area contributed by atoms with Crippen molar-refractivity contribution in [1.29, 1.82) is 0 Å². The van der Waals surface area contributed by atoms with Crippen molar-refractivity contribution in [2.45, 2.75) is 26.7 Å². The van der Waals surface area contributed by atoms with Gasteiger partial charge < -0.3 is 10.2 Å². The molecule has 0 saturated carbocycles. The summed E-state index contributed by atoms with van der Waals surface area (Å²) in [4.78, 5) is 2.51. The van der Waals surface area contributed by atoms with Gasteiger partial charge in [0.2, 0.25) is 0 Å². The summed E-state index contributed by atoms with van der Waals surface area (Å²) < 4.78 is 1.26. The molecular formula is C15H23BrN2. The highest BCUT2D eigenvalue weighted by Crippen LogP contribution is 2.32. The van der Waals surface area contributed by atoms with Crippen molar-refractivity contribution in [1.82, 2.24) is 5.32 Å². The smallest absolute Gasteiger partial charge is 0.0513 e. The molecule has 3 heteroatoms. The lowest BCUT2D eigenvalue weighted by Crippen LogP contribution is -2.27. The topological polar surface area (TPSA) is 15.3 Å². The molecule has 1 heterocycles. The van der Waals surface area contributed by atoms with Gasteiger partial charge in [0, 0.05) is 17.6 Å². The molecule has 0 bridgehead atoms. The van der Waals surface area contributed by atoms with Gasteiger partial charge in [0.1, 0.15) is 0 Å². The molecule has 1 aromatic carbocycles. The van der Waals surface area contributed by atoms with E-state index in [1.54, 1.807) is 0 Å². The van der Waals surface area contributed by atoms with Crippen molar-refractivity contribution >= 4 is 21.6 Å². The van der Waals surface area contributed by atoms with Gasteiger partial charge in [-0.1, -0.05) is 19.1 Å². The molecule has 2 nitrogen and oxygen atoms in total. The summed E-state index contributed by atoms with van der Waals surface area (Å²) in [7, 11) is 0. The van der Waals surface area contributed by atoms with Crippen LogP contribution in [0.25, 0.3) is 0 Å². The lowest BCUT2D eigenvalue weighted by atomic mass is 10.1. The molecule has 0 aromatic heterocycles. The Hall–Kier alpha value is -0.540. The molecule has 2 rings (SSSR count). The molecular weight excluding hydrogens is 288 g/mol. The molecule has 1 atom stereocenters. The Bertz CT molecular complexity index is 392. The number of hydrogen-bond acceptors (Lipinski definition) is 2. The molecule has 1 unspecified atom stereocenters. The monoisotopic (exact) mass is 310 g/mol. The Kier molecular flexibility index (Phi) is 5.07. The van der Waals surface area contributed by atoms with Crippen LogP contribution < -0.4 is 10.2 Å². The zero-order chi connectivity index (χ0) is 13.0. The van der Waals surface area contributed by atoms with E-state index in [1.807, 2.05) is 0 Å². The minimum Gasteiger partial charge on any atom is -0.370 e. The van der Waals surface area contributed by atoms with Crippen LogP contribution in [-0.2, 0) is 0 Å². The first-order valence-electron chi connectivity index (χ1n) is 6.93. The lowest BCUT2D eigenvalue weighted by Gasteiger charge is -2.21. The van der Waals surface area contributed by atoms with E-state index in [2.05, 4.69) is 58.2 Å². The van der Waals surface area contributed by atoms with Crippen LogP contribution in [0.2, 0.25) is 0 Å². The van der Waals surface area contributed by atoms with Gasteiger partial charge in [-0.25, -0.2) is 0 Å². The Morgan fingerprint density at radius 1 is 1.44 bits per heavy atom. The molecule has 1 aliphatic rings. The number of rotatable bonds is 5. The van der Waals surface area contributed by atoms with Crippen LogP contribution >= 0.6 is 15.9 Å². The Balaban J connectivity index is 1.94. The lowest BCUT2D eigenvalue weighted by molar-refractivity contribution is 0.516. The van der Waals surface area contributed by atoms with Gasteiger partial charge in [-0.05, 0) is 66.3 Å². The maximum absolute atomic E-state index is 3.72. The van der Waals surface area contributed by atoms with Crippen molar-refractivity contribution in [3.05, 3.63) is 28.2 Å². The molecule has 0 spiro atoms. The zero-order valence-corrected chi connectivity index (χ0v) is 13.0. The van der Waals surface area contributed by atoms with Gasteiger partial charge in [-0.2, -0.15) is 0 Å². The van der Waals surface area contributed by atoms with Crippen molar-refractivity contribution < 1.29 is 0 Å². The fraction of sp³-hybridized carbons (Fsp3) is 0.600. The maximum atomic E-state index is 3.72. The van der Waals surface area contributed by atoms with Gasteiger partial charge in [0.15, 0.2) is 0 Å². The molecule has 0 aliphatic carbocycles. The first kappa shape index (κ1) is 13.9. The quantitative estimate of drug-likeness (QED) is 0.836. The summed E-state index contributed by atoms with van der Waals surface area (Å²) in [5.41, 5.74) is 2.67. The van der Waals surface area contributed by atoms with Gasteiger partial charge >= 0.3 is 0 Å². The molecule has 0 radical (unpaired) electrons. The van der Waals surface area contributed by atoms with E-state index in [9.17, 15) is 0 Å². The number of anilines is 1. The maximum Gasteiger partial charge on any atom is 0.0513 e. The predicted molar refractivity (Wildman–Crippen MR) is 82.4 cm³/mol. The number of benzene rings is 1. The van der Waals surface area contributed by atoms with Gasteiger partial charge in [0.05, 0.1) is 5.69 Å². The fourth-order valence-electron chi connectivity index (χ4n) is 2.58. The molecule has 1 aromatic rings. The second-order valence-corrected chi connectivity index (χ2v) is 6.01. The third kappa shape index (κ3) is 3.27. The number of nitrogens with one attached hydrogen (secondary N) is 1. The van der Waals surface area contributed by atoms with Crippen molar-refractivity contribution in [2.75, 3.05) is 31.1 Å². The molecule has 18 heavy (non-hydrogen) atoms. The summed E-state index contributed by atoms with van der Waals surface area (Å²) >= 11 is 3.72. The highest BCUT2D eigenvalue weighted by Gasteiger charge is 2.23. The summed E-state index contributed by atoms with van der Waals surface area (Å²) in [6.07, 6.45) is 2.52. The van der Waals surface area contributed by atoms with Crippen molar-refractivity contribution in [3.63, 3.8) is 0 Å². The van der Waals surface area contributed by atoms with Gasteiger partial charge in [-0.15, -0.1) is 0 Å². The average Bonchev–Trinajstić information content (AvgIpc) is 2.82. The first-order chi connectivity index (χ1) is 8.72. The summed E-state index contributed by atoms with van der Waals surface area (Å²) in [5.74, 6) is 0.795. The molecule has 1 N–H and O–H groups in total. The molecule has 0 amide bonds. The van der Waals surface area contributed by atoms with Gasteiger partial charge in [0.25, 0.3) is 0 Å². The molecule has 100 valence electrons. The molecule has 1 fully saturated rings. The zero-order valence-electron chi connectivity index (χ0n) is 11.4. The largest absolute Gasteiger partial charge is 0.370 e. The van der Waals surface area contributed by atoms with Crippen LogP contribution in [0.3, 0.4) is 0 Å². The van der Waals surface area contributed by atoms with E-state index in [1.165, 1.54) is 41.7 Å². The van der Waals surface area contributed by atoms with Crippen LogP contribution in [0.15, 0.2) is 22.7 Å². The van der Waals surface area contributed by atoms with E-state index in [-0.39, 0.29) is 0 Å². The Morgan fingerprint density at radius 2 is 2.28 bits per heavy atom. The summed E-state index contributed by atoms with van der Waals surface area (Å²) in [6.45, 7) is 9.04. The second kappa shape index (κ2) is 6.58. The van der Waals surface area contributed by atoms with E-state index < -0.39 is 0 Å². The minimum atomic E-state index is 0.795. The molecule has 1 saturated heterocycles. The van der Waals surface area contributed by atoms with E-state index >= 15 is 0 Å². The highest BCUT2D eigenvalue weighted by molar-refractivity contribution is 9.10. The summed E-state index contributed by atoms with van der Waals surface area (Å²) in [5, 5.41) is 3.54. The standard InChI is InChI=1S/C15H23BrN2/c1-3-8-17-10-13-7-9-18(11-13)14-6-4-5-12(2)15(14)16/h4-6,13,17H,3,7-11H2,1-2H3. The predicted octanol–water partition coefficient (Wildman–Crippen LogP) is 3.58. The highest BCUT2D eigenvalue weighted by atomic mass is 79.9. The molecule has 1 aliphatic heterocycles. The normalized spacial score (nSPS) is 19.5. The van der Waals surface area contributed by atoms with Crippen molar-refractivity contribution in [3.8, 4) is 0 Å². The fourth-order valence-corrected chi connectivity index (χ4v) is 3.09. The van der Waals surface area contributed by atoms with E-state index in [0.717, 1.165) is 19.0 Å². The average molecular weight is 311 g/mol. The number of aryl methyl sites for hydroxylation is 1. The third-order valence-electron chi connectivity index (χ3n) is 3.66.